The van der Waals surface area contributed by atoms with E-state index < -0.39 is 5.97 Å². The third kappa shape index (κ3) is 2.67. The second-order valence-corrected chi connectivity index (χ2v) is 8.80. The molecule has 2 aliphatic rings. The highest BCUT2D eigenvalue weighted by Crippen LogP contribution is 2.56. The topological polar surface area (TPSA) is 50.9 Å². The molecule has 0 bridgehead atoms. The van der Waals surface area contributed by atoms with Crippen molar-refractivity contribution in [2.24, 2.45) is 5.92 Å². The van der Waals surface area contributed by atoms with Crippen LogP contribution in [0.15, 0.2) is 24.5 Å². The number of rotatable bonds is 3. The van der Waals surface area contributed by atoms with E-state index in [0.29, 0.717) is 17.4 Å². The second-order valence-electron chi connectivity index (χ2n) is 8.80. The molecule has 4 nitrogen and oxygen atoms in total. The maximum atomic E-state index is 11.8. The Kier molecular flexibility index (Phi) is 3.56. The molecular weight excluding hydrogens is 314 g/mol. The zero-order valence-corrected chi connectivity index (χ0v) is 15.5. The quantitative estimate of drug-likeness (QED) is 0.887. The molecule has 1 N–H and O–H groups in total. The smallest absolute Gasteiger partial charge is 0.337 e. The van der Waals surface area contributed by atoms with Gasteiger partial charge in [-0.05, 0) is 67.6 Å². The largest absolute Gasteiger partial charge is 0.478 e. The molecule has 0 radical (unpaired) electrons. The number of ether oxygens (including phenoxy) is 1. The van der Waals surface area contributed by atoms with Crippen LogP contribution >= 0.6 is 0 Å². The number of hydrogen-bond acceptors (Lipinski definition) is 2. The molecule has 0 unspecified atom stereocenters. The van der Waals surface area contributed by atoms with E-state index in [2.05, 4.69) is 46.0 Å². The molecule has 2 fully saturated rings. The molecule has 1 aliphatic heterocycles. The molecule has 134 valence electrons. The van der Waals surface area contributed by atoms with Gasteiger partial charge in [-0.15, -0.1) is 0 Å². The van der Waals surface area contributed by atoms with Gasteiger partial charge in [0.25, 0.3) is 0 Å². The first-order valence-corrected chi connectivity index (χ1v) is 9.24. The average Bonchev–Trinajstić information content (AvgIpc) is 2.98. The Bertz CT molecular complexity index is 850. The zero-order valence-electron chi connectivity index (χ0n) is 15.5. The highest BCUT2D eigenvalue weighted by atomic mass is 16.5. The van der Waals surface area contributed by atoms with Gasteiger partial charge in [-0.25, -0.2) is 4.79 Å². The fraction of sp³-hybridized carbons (Fsp3) is 0.571. The average molecular weight is 341 g/mol. The van der Waals surface area contributed by atoms with Crippen molar-refractivity contribution in [3.8, 4) is 0 Å². The third-order valence-corrected chi connectivity index (χ3v) is 6.42. The SMILES string of the molecule is C[C@H]1C[C@@]1(C)c1c(C(=O)O)cn2cc([C@H]3CCOC(C)(C)C3)ccc12. The molecule has 2 aromatic rings. The Morgan fingerprint density at radius 3 is 2.56 bits per heavy atom. The van der Waals surface area contributed by atoms with Crippen LogP contribution < -0.4 is 0 Å². The van der Waals surface area contributed by atoms with E-state index in [1.165, 1.54) is 5.56 Å². The molecule has 0 aromatic carbocycles. The maximum absolute atomic E-state index is 11.8. The summed E-state index contributed by atoms with van der Waals surface area (Å²) in [5.41, 5.74) is 3.67. The van der Waals surface area contributed by atoms with E-state index in [1.54, 1.807) is 6.20 Å². The fourth-order valence-electron chi connectivity index (χ4n) is 4.64. The van der Waals surface area contributed by atoms with Crippen molar-refractivity contribution in [3.63, 3.8) is 0 Å². The first-order chi connectivity index (χ1) is 11.7. The summed E-state index contributed by atoms with van der Waals surface area (Å²) in [4.78, 5) is 11.8. The Hall–Kier alpha value is -1.81. The summed E-state index contributed by atoms with van der Waals surface area (Å²) in [7, 11) is 0. The predicted molar refractivity (Wildman–Crippen MR) is 97.5 cm³/mol. The van der Waals surface area contributed by atoms with E-state index in [4.69, 9.17) is 4.74 Å². The molecule has 0 amide bonds. The number of hydrogen-bond donors (Lipinski definition) is 1. The summed E-state index contributed by atoms with van der Waals surface area (Å²) in [6, 6.07) is 4.31. The van der Waals surface area contributed by atoms with Crippen molar-refractivity contribution >= 4 is 11.5 Å². The van der Waals surface area contributed by atoms with Crippen LogP contribution in [0.1, 0.15) is 74.4 Å². The van der Waals surface area contributed by atoms with Crippen LogP contribution in [0.25, 0.3) is 5.52 Å². The maximum Gasteiger partial charge on any atom is 0.337 e. The minimum Gasteiger partial charge on any atom is -0.478 e. The Morgan fingerprint density at radius 1 is 1.24 bits per heavy atom. The number of aromatic nitrogens is 1. The van der Waals surface area contributed by atoms with Gasteiger partial charge < -0.3 is 14.2 Å². The van der Waals surface area contributed by atoms with Gasteiger partial charge in [0.15, 0.2) is 0 Å². The van der Waals surface area contributed by atoms with Gasteiger partial charge in [0.1, 0.15) is 0 Å². The van der Waals surface area contributed by atoms with Gasteiger partial charge in [0, 0.05) is 24.5 Å². The minimum absolute atomic E-state index is 0.00927. The summed E-state index contributed by atoms with van der Waals surface area (Å²) < 4.78 is 7.87. The van der Waals surface area contributed by atoms with Gasteiger partial charge in [-0.1, -0.05) is 19.9 Å². The number of aromatic carboxylic acids is 1. The Labute approximate surface area is 148 Å². The van der Waals surface area contributed by atoms with Crippen LogP contribution in [-0.4, -0.2) is 27.7 Å². The van der Waals surface area contributed by atoms with Crippen molar-refractivity contribution in [3.05, 3.63) is 41.2 Å². The zero-order chi connectivity index (χ0) is 18.0. The predicted octanol–water partition coefficient (Wildman–Crippen LogP) is 4.61. The molecule has 1 saturated heterocycles. The number of nitrogens with zero attached hydrogens (tertiary/aromatic N) is 1. The third-order valence-electron chi connectivity index (χ3n) is 6.42. The number of pyridine rings is 1. The van der Waals surface area contributed by atoms with Crippen LogP contribution in [0, 0.1) is 5.92 Å². The molecule has 3 heterocycles. The van der Waals surface area contributed by atoms with E-state index >= 15 is 0 Å². The standard InChI is InChI=1S/C21H27NO3/c1-13-9-21(13,4)18-16(19(23)24)12-22-11-15(5-6-17(18)22)14-7-8-25-20(2,3)10-14/h5-6,11-14H,7-10H2,1-4H3,(H,23,24)/t13-,14-,21+/m0/s1. The highest BCUT2D eigenvalue weighted by Gasteiger charge is 2.51. The summed E-state index contributed by atoms with van der Waals surface area (Å²) in [6.07, 6.45) is 7.00. The molecule has 0 spiro atoms. The number of carboxylic acid groups (broad SMARTS) is 1. The lowest BCUT2D eigenvalue weighted by Gasteiger charge is -2.35. The Balaban J connectivity index is 1.78. The molecule has 3 atom stereocenters. The summed E-state index contributed by atoms with van der Waals surface area (Å²) in [6.45, 7) is 9.46. The first-order valence-electron chi connectivity index (χ1n) is 9.24. The van der Waals surface area contributed by atoms with Crippen molar-refractivity contribution in [1.29, 1.82) is 0 Å². The summed E-state index contributed by atoms with van der Waals surface area (Å²) in [5.74, 6) is 0.170. The summed E-state index contributed by atoms with van der Waals surface area (Å²) >= 11 is 0. The van der Waals surface area contributed by atoms with E-state index in [0.717, 1.165) is 36.9 Å². The van der Waals surface area contributed by atoms with Crippen LogP contribution in [0.5, 0.6) is 0 Å². The van der Waals surface area contributed by atoms with Crippen molar-refractivity contribution < 1.29 is 14.6 Å². The summed E-state index contributed by atoms with van der Waals surface area (Å²) in [5, 5.41) is 9.70. The molecule has 2 aromatic heterocycles. The lowest BCUT2D eigenvalue weighted by atomic mass is 9.84. The van der Waals surface area contributed by atoms with Crippen molar-refractivity contribution in [1.82, 2.24) is 4.40 Å². The van der Waals surface area contributed by atoms with Gasteiger partial charge >= 0.3 is 5.97 Å². The molecule has 1 saturated carbocycles. The monoisotopic (exact) mass is 341 g/mol. The minimum atomic E-state index is -0.826. The lowest BCUT2D eigenvalue weighted by Crippen LogP contribution is -2.33. The lowest BCUT2D eigenvalue weighted by molar-refractivity contribution is -0.0593. The van der Waals surface area contributed by atoms with E-state index in [-0.39, 0.29) is 11.0 Å². The van der Waals surface area contributed by atoms with Crippen molar-refractivity contribution in [2.75, 3.05) is 6.61 Å². The normalized spacial score (nSPS) is 31.2. The second kappa shape index (κ2) is 5.34. The van der Waals surface area contributed by atoms with Gasteiger partial charge in [-0.2, -0.15) is 0 Å². The number of carboxylic acids is 1. The first kappa shape index (κ1) is 16.6. The van der Waals surface area contributed by atoms with Crippen LogP contribution in [0.4, 0.5) is 0 Å². The van der Waals surface area contributed by atoms with Crippen LogP contribution in [0.2, 0.25) is 0 Å². The highest BCUT2D eigenvalue weighted by molar-refractivity contribution is 5.93. The van der Waals surface area contributed by atoms with Gasteiger partial charge in [0.2, 0.25) is 0 Å². The Morgan fingerprint density at radius 2 is 1.96 bits per heavy atom. The molecule has 25 heavy (non-hydrogen) atoms. The molecule has 4 heteroatoms. The number of carbonyl (C=O) groups is 1. The van der Waals surface area contributed by atoms with Crippen LogP contribution in [0.3, 0.4) is 0 Å². The number of fused-ring (bicyclic) bond motifs is 1. The van der Waals surface area contributed by atoms with Crippen LogP contribution in [-0.2, 0) is 10.2 Å². The fourth-order valence-corrected chi connectivity index (χ4v) is 4.64. The molecule has 1 aliphatic carbocycles. The van der Waals surface area contributed by atoms with Gasteiger partial charge in [-0.3, -0.25) is 0 Å². The van der Waals surface area contributed by atoms with Crippen molar-refractivity contribution in [2.45, 2.75) is 63.9 Å². The van der Waals surface area contributed by atoms with E-state index in [9.17, 15) is 9.90 Å². The van der Waals surface area contributed by atoms with E-state index in [1.807, 2.05) is 4.40 Å². The molecule has 4 rings (SSSR count). The molecular formula is C21H27NO3. The van der Waals surface area contributed by atoms with Gasteiger partial charge in [0.05, 0.1) is 11.2 Å².